The number of hydrogen-bond donors (Lipinski definition) is 2. The molecule has 24 heavy (non-hydrogen) atoms. The molecule has 3 rings (SSSR count). The van der Waals surface area contributed by atoms with Crippen molar-refractivity contribution in [2.24, 2.45) is 0 Å². The number of rotatable bonds is 5. The summed E-state index contributed by atoms with van der Waals surface area (Å²) in [6.45, 7) is 3.54. The third kappa shape index (κ3) is 4.50. The van der Waals surface area contributed by atoms with E-state index >= 15 is 0 Å². The molecule has 1 aliphatic rings. The Bertz CT molecular complexity index is 680. The van der Waals surface area contributed by atoms with E-state index in [4.69, 9.17) is 4.52 Å². The number of nitrogens with zero attached hydrogens (tertiary/aromatic N) is 2. The Labute approximate surface area is 145 Å². The maximum Gasteiger partial charge on any atom is 0.319 e. The number of urea groups is 1. The minimum Gasteiger partial charge on any atom is -0.337 e. The number of aromatic nitrogens is 2. The first-order valence-electron chi connectivity index (χ1n) is 8.24. The van der Waals surface area contributed by atoms with Crippen molar-refractivity contribution < 1.29 is 9.32 Å². The molecule has 1 fully saturated rings. The smallest absolute Gasteiger partial charge is 0.319 e. The van der Waals surface area contributed by atoms with Gasteiger partial charge in [0.25, 0.3) is 0 Å². The fourth-order valence-electron chi connectivity index (χ4n) is 2.73. The Balaban J connectivity index is 1.50. The Kier molecular flexibility index (Phi) is 5.40. The summed E-state index contributed by atoms with van der Waals surface area (Å²) >= 11 is 1.93. The number of thioether (sulfide) groups is 1. The highest BCUT2D eigenvalue weighted by atomic mass is 32.2. The highest BCUT2D eigenvalue weighted by Gasteiger charge is 2.17. The van der Waals surface area contributed by atoms with E-state index in [1.165, 1.54) is 30.6 Å². The zero-order valence-electron chi connectivity index (χ0n) is 13.9. The van der Waals surface area contributed by atoms with Crippen LogP contribution < -0.4 is 10.6 Å². The molecule has 6 nitrogen and oxygen atoms in total. The van der Waals surface area contributed by atoms with E-state index in [1.807, 2.05) is 23.9 Å². The molecular weight excluding hydrogens is 324 g/mol. The standard InChI is InChI=1S/C17H22N4O2S/c1-11(16-19-12(2)21-23-16)18-17(22)20-13-7-9-15(10-8-13)24-14-5-3-4-6-14/h7-11,14H,3-6H2,1-2H3,(H2,18,20,22)/t11-/m0/s1. The average molecular weight is 346 g/mol. The van der Waals surface area contributed by atoms with Crippen LogP contribution in [0.2, 0.25) is 0 Å². The van der Waals surface area contributed by atoms with Gasteiger partial charge in [0.05, 0.1) is 0 Å². The van der Waals surface area contributed by atoms with Crippen LogP contribution in [0.4, 0.5) is 10.5 Å². The largest absolute Gasteiger partial charge is 0.337 e. The average Bonchev–Trinajstić information content (AvgIpc) is 3.21. The molecule has 1 atom stereocenters. The van der Waals surface area contributed by atoms with Crippen LogP contribution in [0.25, 0.3) is 0 Å². The molecule has 1 aromatic carbocycles. The molecule has 0 saturated heterocycles. The first-order valence-corrected chi connectivity index (χ1v) is 9.12. The van der Waals surface area contributed by atoms with Crippen LogP contribution in [0.15, 0.2) is 33.7 Å². The lowest BCUT2D eigenvalue weighted by Crippen LogP contribution is -2.31. The molecule has 2 amide bonds. The lowest BCUT2D eigenvalue weighted by Gasteiger charge is -2.12. The number of anilines is 1. The van der Waals surface area contributed by atoms with Crippen molar-refractivity contribution in [1.82, 2.24) is 15.5 Å². The topological polar surface area (TPSA) is 80.0 Å². The molecule has 1 aliphatic carbocycles. The Morgan fingerprint density at radius 2 is 2.00 bits per heavy atom. The Hall–Kier alpha value is -2.02. The SMILES string of the molecule is Cc1noc([C@H](C)NC(=O)Nc2ccc(SC3CCCC3)cc2)n1. The molecule has 2 N–H and O–H groups in total. The predicted octanol–water partition coefficient (Wildman–Crippen LogP) is 4.30. The van der Waals surface area contributed by atoms with E-state index in [1.54, 1.807) is 13.8 Å². The van der Waals surface area contributed by atoms with Gasteiger partial charge in [0, 0.05) is 15.8 Å². The van der Waals surface area contributed by atoms with Crippen molar-refractivity contribution in [3.63, 3.8) is 0 Å². The minimum atomic E-state index is -0.344. The van der Waals surface area contributed by atoms with Gasteiger partial charge in [0.15, 0.2) is 5.82 Å². The van der Waals surface area contributed by atoms with Crippen LogP contribution in [0.3, 0.4) is 0 Å². The molecule has 2 aromatic rings. The van der Waals surface area contributed by atoms with Gasteiger partial charge in [-0.1, -0.05) is 18.0 Å². The van der Waals surface area contributed by atoms with Crippen molar-refractivity contribution in [3.05, 3.63) is 36.0 Å². The lowest BCUT2D eigenvalue weighted by molar-refractivity contribution is 0.245. The van der Waals surface area contributed by atoms with Gasteiger partial charge in [0.1, 0.15) is 6.04 Å². The third-order valence-electron chi connectivity index (χ3n) is 3.98. The van der Waals surface area contributed by atoms with Crippen LogP contribution in [-0.2, 0) is 0 Å². The molecule has 128 valence electrons. The highest BCUT2D eigenvalue weighted by molar-refractivity contribution is 8.00. The van der Waals surface area contributed by atoms with E-state index in [0.29, 0.717) is 11.7 Å². The summed E-state index contributed by atoms with van der Waals surface area (Å²) in [6, 6.07) is 7.33. The van der Waals surface area contributed by atoms with Crippen molar-refractivity contribution in [1.29, 1.82) is 0 Å². The van der Waals surface area contributed by atoms with Crippen molar-refractivity contribution in [2.45, 2.75) is 55.7 Å². The first kappa shape index (κ1) is 16.8. The Morgan fingerprint density at radius 3 is 2.62 bits per heavy atom. The summed E-state index contributed by atoms with van der Waals surface area (Å²) in [5.41, 5.74) is 0.761. The maximum atomic E-state index is 12.0. The van der Waals surface area contributed by atoms with Crippen molar-refractivity contribution in [2.75, 3.05) is 5.32 Å². The third-order valence-corrected chi connectivity index (χ3v) is 5.33. The summed E-state index contributed by atoms with van der Waals surface area (Å²) < 4.78 is 5.05. The number of carbonyl (C=O) groups excluding carboxylic acids is 1. The molecule has 1 aromatic heterocycles. The number of nitrogens with one attached hydrogen (secondary N) is 2. The predicted molar refractivity (Wildman–Crippen MR) is 94.2 cm³/mol. The molecule has 0 aliphatic heterocycles. The van der Waals surface area contributed by atoms with Gasteiger partial charge >= 0.3 is 6.03 Å². The van der Waals surface area contributed by atoms with Crippen molar-refractivity contribution >= 4 is 23.5 Å². The van der Waals surface area contributed by atoms with E-state index in [9.17, 15) is 4.79 Å². The number of aryl methyl sites for hydroxylation is 1. The van der Waals surface area contributed by atoms with Gasteiger partial charge in [-0.2, -0.15) is 4.98 Å². The van der Waals surface area contributed by atoms with Gasteiger partial charge in [-0.15, -0.1) is 11.8 Å². The molecule has 0 bridgehead atoms. The van der Waals surface area contributed by atoms with E-state index in [2.05, 4.69) is 32.9 Å². The number of amides is 2. The highest BCUT2D eigenvalue weighted by Crippen LogP contribution is 2.34. The summed E-state index contributed by atoms with van der Waals surface area (Å²) in [7, 11) is 0. The number of benzene rings is 1. The number of carbonyl (C=O) groups is 1. The van der Waals surface area contributed by atoms with Crippen LogP contribution in [0, 0.1) is 6.92 Å². The van der Waals surface area contributed by atoms with Crippen molar-refractivity contribution in [3.8, 4) is 0 Å². The van der Waals surface area contributed by atoms with Crippen LogP contribution in [0.1, 0.15) is 50.4 Å². The fraction of sp³-hybridized carbons (Fsp3) is 0.471. The molecule has 0 spiro atoms. The van der Waals surface area contributed by atoms with Crippen LogP contribution >= 0.6 is 11.8 Å². The van der Waals surface area contributed by atoms with Gasteiger partial charge < -0.3 is 15.2 Å². The second kappa shape index (κ2) is 7.70. The van der Waals surface area contributed by atoms with Gasteiger partial charge in [-0.25, -0.2) is 4.79 Å². The quantitative estimate of drug-likeness (QED) is 0.844. The van der Waals surface area contributed by atoms with Gasteiger partial charge in [-0.3, -0.25) is 0 Å². The summed E-state index contributed by atoms with van der Waals surface area (Å²) in [4.78, 5) is 17.4. The van der Waals surface area contributed by atoms with E-state index in [-0.39, 0.29) is 12.1 Å². The molecule has 1 heterocycles. The second-order valence-electron chi connectivity index (χ2n) is 6.05. The van der Waals surface area contributed by atoms with E-state index < -0.39 is 0 Å². The lowest BCUT2D eigenvalue weighted by atomic mass is 10.3. The monoisotopic (exact) mass is 346 g/mol. The van der Waals surface area contributed by atoms with Gasteiger partial charge in [-0.05, 0) is 51.0 Å². The fourth-order valence-corrected chi connectivity index (χ4v) is 3.98. The Morgan fingerprint density at radius 1 is 1.29 bits per heavy atom. The summed E-state index contributed by atoms with van der Waals surface area (Å²) in [5.74, 6) is 0.945. The molecule has 0 unspecified atom stereocenters. The van der Waals surface area contributed by atoms with Gasteiger partial charge in [0.2, 0.25) is 5.89 Å². The van der Waals surface area contributed by atoms with Crippen LogP contribution in [-0.4, -0.2) is 21.4 Å². The maximum absolute atomic E-state index is 12.0. The second-order valence-corrected chi connectivity index (χ2v) is 7.42. The summed E-state index contributed by atoms with van der Waals surface area (Å²) in [6.07, 6.45) is 5.30. The normalized spacial score (nSPS) is 16.1. The minimum absolute atomic E-state index is 0.297. The molecule has 7 heteroatoms. The zero-order chi connectivity index (χ0) is 16.9. The van der Waals surface area contributed by atoms with Crippen LogP contribution in [0.5, 0.6) is 0 Å². The molecule has 1 saturated carbocycles. The first-order chi connectivity index (χ1) is 11.6. The molecule has 0 radical (unpaired) electrons. The number of hydrogen-bond acceptors (Lipinski definition) is 5. The zero-order valence-corrected chi connectivity index (χ0v) is 14.7. The van der Waals surface area contributed by atoms with E-state index in [0.717, 1.165) is 10.9 Å². The summed E-state index contributed by atoms with van der Waals surface area (Å²) in [5, 5.41) is 10.1. The molecular formula is C17H22N4O2S.